The second-order valence-corrected chi connectivity index (χ2v) is 6.81. The number of hydrogen-bond donors (Lipinski definition) is 1. The number of ether oxygens (including phenoxy) is 1. The van der Waals surface area contributed by atoms with Crippen LogP contribution in [-0.4, -0.2) is 35.0 Å². The SMILES string of the molecule is O=C(O)COc1cccc(C(=O)N2Cc3ccccc3C3(CC3)C2)c1. The Balaban J connectivity index is 1.56. The molecule has 4 rings (SSSR count). The first-order valence-corrected chi connectivity index (χ1v) is 8.40. The van der Waals surface area contributed by atoms with Crippen LogP contribution in [0.5, 0.6) is 5.75 Å². The molecule has 0 radical (unpaired) electrons. The van der Waals surface area contributed by atoms with Crippen molar-refractivity contribution in [1.29, 1.82) is 0 Å². The highest BCUT2D eigenvalue weighted by atomic mass is 16.5. The zero-order valence-electron chi connectivity index (χ0n) is 13.8. The number of amides is 1. The van der Waals surface area contributed by atoms with Gasteiger partial charge in [0, 0.05) is 24.1 Å². The number of carbonyl (C=O) groups excluding carboxylic acids is 1. The molecule has 5 nitrogen and oxygen atoms in total. The van der Waals surface area contributed by atoms with Gasteiger partial charge in [-0.2, -0.15) is 0 Å². The molecule has 1 aliphatic carbocycles. The van der Waals surface area contributed by atoms with E-state index in [1.165, 1.54) is 11.1 Å². The summed E-state index contributed by atoms with van der Waals surface area (Å²) >= 11 is 0. The number of carboxylic acids is 1. The molecule has 1 aliphatic heterocycles. The lowest BCUT2D eigenvalue weighted by Gasteiger charge is -2.35. The van der Waals surface area contributed by atoms with Crippen LogP contribution in [0, 0.1) is 0 Å². The van der Waals surface area contributed by atoms with E-state index in [1.807, 2.05) is 11.0 Å². The van der Waals surface area contributed by atoms with E-state index in [-0.39, 0.29) is 11.3 Å². The van der Waals surface area contributed by atoms with Gasteiger partial charge in [0.25, 0.3) is 5.91 Å². The van der Waals surface area contributed by atoms with E-state index in [9.17, 15) is 9.59 Å². The molecule has 0 bridgehead atoms. The van der Waals surface area contributed by atoms with Crippen LogP contribution in [0.2, 0.25) is 0 Å². The molecule has 1 spiro atoms. The summed E-state index contributed by atoms with van der Waals surface area (Å²) < 4.78 is 5.18. The minimum atomic E-state index is -1.04. The molecular formula is C20H19NO4. The second-order valence-electron chi connectivity index (χ2n) is 6.81. The number of aliphatic carboxylic acids is 1. The van der Waals surface area contributed by atoms with Gasteiger partial charge in [-0.05, 0) is 42.2 Å². The molecule has 2 aromatic carbocycles. The minimum Gasteiger partial charge on any atom is -0.482 e. The van der Waals surface area contributed by atoms with Crippen molar-refractivity contribution in [2.45, 2.75) is 24.8 Å². The Hall–Kier alpha value is -2.82. The molecule has 25 heavy (non-hydrogen) atoms. The average molecular weight is 337 g/mol. The molecule has 1 fully saturated rings. The van der Waals surface area contributed by atoms with E-state index in [2.05, 4.69) is 18.2 Å². The number of benzene rings is 2. The van der Waals surface area contributed by atoms with E-state index >= 15 is 0 Å². The van der Waals surface area contributed by atoms with Gasteiger partial charge in [0.05, 0.1) is 0 Å². The quantitative estimate of drug-likeness (QED) is 0.932. The van der Waals surface area contributed by atoms with E-state index in [0.717, 1.165) is 19.4 Å². The lowest BCUT2D eigenvalue weighted by Crippen LogP contribution is -2.41. The third-order valence-corrected chi connectivity index (χ3v) is 5.03. The van der Waals surface area contributed by atoms with Gasteiger partial charge in [0.2, 0.25) is 0 Å². The number of carboxylic acid groups (broad SMARTS) is 1. The molecular weight excluding hydrogens is 318 g/mol. The van der Waals surface area contributed by atoms with Gasteiger partial charge >= 0.3 is 5.97 Å². The summed E-state index contributed by atoms with van der Waals surface area (Å²) in [7, 11) is 0. The smallest absolute Gasteiger partial charge is 0.341 e. The maximum absolute atomic E-state index is 13.0. The van der Waals surface area contributed by atoms with Crippen molar-refractivity contribution < 1.29 is 19.4 Å². The summed E-state index contributed by atoms with van der Waals surface area (Å²) in [4.78, 5) is 25.5. The number of nitrogens with zero attached hydrogens (tertiary/aromatic N) is 1. The number of fused-ring (bicyclic) bond motifs is 2. The highest BCUT2D eigenvalue weighted by Gasteiger charge is 2.49. The Kier molecular flexibility index (Phi) is 3.71. The van der Waals surface area contributed by atoms with E-state index in [1.54, 1.807) is 24.3 Å². The largest absolute Gasteiger partial charge is 0.482 e. The van der Waals surface area contributed by atoms with Crippen molar-refractivity contribution in [3.8, 4) is 5.75 Å². The van der Waals surface area contributed by atoms with Crippen molar-refractivity contribution in [3.05, 3.63) is 65.2 Å². The Morgan fingerprint density at radius 2 is 1.92 bits per heavy atom. The van der Waals surface area contributed by atoms with E-state index < -0.39 is 12.6 Å². The molecule has 2 aliphatic rings. The van der Waals surface area contributed by atoms with E-state index in [4.69, 9.17) is 9.84 Å². The Morgan fingerprint density at radius 1 is 1.12 bits per heavy atom. The predicted octanol–water partition coefficient (Wildman–Crippen LogP) is 2.84. The average Bonchev–Trinajstić information content (AvgIpc) is 3.39. The first-order chi connectivity index (χ1) is 12.1. The van der Waals surface area contributed by atoms with Crippen LogP contribution < -0.4 is 4.74 Å². The maximum Gasteiger partial charge on any atom is 0.341 e. The monoisotopic (exact) mass is 337 g/mol. The second kappa shape index (κ2) is 5.92. The molecule has 0 aromatic heterocycles. The van der Waals surface area contributed by atoms with Crippen LogP contribution >= 0.6 is 0 Å². The molecule has 1 amide bonds. The van der Waals surface area contributed by atoms with Gasteiger partial charge in [-0.1, -0.05) is 30.3 Å². The molecule has 1 N–H and O–H groups in total. The van der Waals surface area contributed by atoms with Crippen LogP contribution in [0.25, 0.3) is 0 Å². The van der Waals surface area contributed by atoms with Crippen LogP contribution in [0.3, 0.4) is 0 Å². The fourth-order valence-corrected chi connectivity index (χ4v) is 3.66. The fraction of sp³-hybridized carbons (Fsp3) is 0.300. The normalized spacial score (nSPS) is 17.0. The predicted molar refractivity (Wildman–Crippen MR) is 91.7 cm³/mol. The van der Waals surface area contributed by atoms with Gasteiger partial charge in [0.15, 0.2) is 6.61 Å². The van der Waals surface area contributed by atoms with Crippen LogP contribution in [0.15, 0.2) is 48.5 Å². The third-order valence-electron chi connectivity index (χ3n) is 5.03. The van der Waals surface area contributed by atoms with Crippen molar-refractivity contribution >= 4 is 11.9 Å². The highest BCUT2D eigenvalue weighted by molar-refractivity contribution is 5.95. The first kappa shape index (κ1) is 15.7. The van der Waals surface area contributed by atoms with Crippen molar-refractivity contribution in [3.63, 3.8) is 0 Å². The minimum absolute atomic E-state index is 0.0402. The van der Waals surface area contributed by atoms with E-state index in [0.29, 0.717) is 17.9 Å². The summed E-state index contributed by atoms with van der Waals surface area (Å²) in [5, 5.41) is 8.71. The van der Waals surface area contributed by atoms with Gasteiger partial charge in [-0.15, -0.1) is 0 Å². The molecule has 0 atom stereocenters. The van der Waals surface area contributed by atoms with Crippen LogP contribution in [-0.2, 0) is 16.8 Å². The van der Waals surface area contributed by atoms with Gasteiger partial charge in [-0.25, -0.2) is 4.79 Å². The lowest BCUT2D eigenvalue weighted by molar-refractivity contribution is -0.139. The van der Waals surface area contributed by atoms with Gasteiger partial charge in [-0.3, -0.25) is 4.79 Å². The zero-order chi connectivity index (χ0) is 17.4. The highest BCUT2D eigenvalue weighted by Crippen LogP contribution is 2.52. The summed E-state index contributed by atoms with van der Waals surface area (Å²) in [6.07, 6.45) is 2.24. The molecule has 0 saturated heterocycles. The lowest BCUT2D eigenvalue weighted by atomic mass is 9.87. The number of rotatable bonds is 4. The Bertz CT molecular complexity index is 841. The Morgan fingerprint density at radius 3 is 2.68 bits per heavy atom. The number of hydrogen-bond acceptors (Lipinski definition) is 3. The Labute approximate surface area is 145 Å². The van der Waals surface area contributed by atoms with Crippen molar-refractivity contribution in [1.82, 2.24) is 4.90 Å². The maximum atomic E-state index is 13.0. The molecule has 128 valence electrons. The fourth-order valence-electron chi connectivity index (χ4n) is 3.66. The topological polar surface area (TPSA) is 66.8 Å². The summed E-state index contributed by atoms with van der Waals surface area (Å²) in [5.74, 6) is -0.687. The standard InChI is InChI=1S/C20H19NO4/c22-18(23)12-25-16-6-3-5-14(10-16)19(24)21-11-15-4-1-2-7-17(15)20(13-21)8-9-20/h1-7,10H,8-9,11-13H2,(H,22,23). The summed E-state index contributed by atoms with van der Waals surface area (Å²) in [5.41, 5.74) is 3.26. The molecule has 0 unspecified atom stereocenters. The van der Waals surface area contributed by atoms with Crippen LogP contribution in [0.4, 0.5) is 0 Å². The first-order valence-electron chi connectivity index (χ1n) is 8.40. The van der Waals surface area contributed by atoms with Crippen molar-refractivity contribution in [2.24, 2.45) is 0 Å². The summed E-state index contributed by atoms with van der Waals surface area (Å²) in [6, 6.07) is 15.1. The molecule has 1 saturated carbocycles. The van der Waals surface area contributed by atoms with Crippen LogP contribution in [0.1, 0.15) is 34.3 Å². The third kappa shape index (κ3) is 2.97. The molecule has 5 heteroatoms. The number of carbonyl (C=O) groups is 2. The van der Waals surface area contributed by atoms with Crippen molar-refractivity contribution in [2.75, 3.05) is 13.2 Å². The van der Waals surface area contributed by atoms with Gasteiger partial charge < -0.3 is 14.7 Å². The molecule has 2 aromatic rings. The van der Waals surface area contributed by atoms with Gasteiger partial charge in [0.1, 0.15) is 5.75 Å². The zero-order valence-corrected chi connectivity index (χ0v) is 13.8. The summed E-state index contributed by atoms with van der Waals surface area (Å²) in [6.45, 7) is 0.928. The molecule has 1 heterocycles.